The Morgan fingerprint density at radius 1 is 1.40 bits per heavy atom. The minimum Gasteiger partial charge on any atom is -0.478 e. The van der Waals surface area contributed by atoms with Crippen LogP contribution in [0.15, 0.2) is 23.0 Å². The second-order valence-electron chi connectivity index (χ2n) is 4.66. The van der Waals surface area contributed by atoms with E-state index in [9.17, 15) is 9.59 Å². The lowest BCUT2D eigenvalue weighted by Crippen LogP contribution is -2.22. The lowest BCUT2D eigenvalue weighted by Gasteiger charge is -2.08. The Morgan fingerprint density at radius 3 is 2.80 bits per heavy atom. The number of H-pyrrole nitrogens is 1. The summed E-state index contributed by atoms with van der Waals surface area (Å²) >= 11 is 5.19. The number of nitrogens with one attached hydrogen (secondary N) is 1. The molecule has 0 atom stereocenters. The highest BCUT2D eigenvalue weighted by Gasteiger charge is 2.09. The van der Waals surface area contributed by atoms with Gasteiger partial charge in [0.05, 0.1) is 16.5 Å². The van der Waals surface area contributed by atoms with Crippen molar-refractivity contribution in [2.24, 2.45) is 0 Å². The van der Waals surface area contributed by atoms with Crippen LogP contribution in [0.2, 0.25) is 0 Å². The van der Waals surface area contributed by atoms with Gasteiger partial charge in [-0.1, -0.05) is 19.8 Å². The summed E-state index contributed by atoms with van der Waals surface area (Å²) in [6.45, 7) is 2.68. The Balaban J connectivity index is 2.53. The van der Waals surface area contributed by atoms with E-state index in [2.05, 4.69) is 11.9 Å². The van der Waals surface area contributed by atoms with Gasteiger partial charge in [0.2, 0.25) is 0 Å². The van der Waals surface area contributed by atoms with Crippen molar-refractivity contribution < 1.29 is 9.90 Å². The first-order valence-electron chi connectivity index (χ1n) is 6.54. The predicted octanol–water partition coefficient (Wildman–Crippen LogP) is 2.95. The molecule has 0 aliphatic heterocycles. The molecular weight excluding hydrogens is 276 g/mol. The van der Waals surface area contributed by atoms with Crippen LogP contribution in [0.3, 0.4) is 0 Å². The summed E-state index contributed by atoms with van der Waals surface area (Å²) in [5, 5.41) is 9.42. The molecule has 20 heavy (non-hydrogen) atoms. The molecule has 0 saturated heterocycles. The summed E-state index contributed by atoms with van der Waals surface area (Å²) in [6, 6.07) is 4.40. The summed E-state index contributed by atoms with van der Waals surface area (Å²) in [5.74, 6) is -1.03. The molecule has 1 heterocycles. The molecule has 0 bridgehead atoms. The number of rotatable bonds is 5. The molecule has 1 aromatic heterocycles. The monoisotopic (exact) mass is 292 g/mol. The smallest absolute Gasteiger partial charge is 0.335 e. The number of nitrogens with zero attached hydrogens (tertiary/aromatic N) is 1. The van der Waals surface area contributed by atoms with Gasteiger partial charge < -0.3 is 10.1 Å². The van der Waals surface area contributed by atoms with Crippen LogP contribution in [0.1, 0.15) is 36.5 Å². The molecule has 106 valence electrons. The van der Waals surface area contributed by atoms with Crippen molar-refractivity contribution in [1.82, 2.24) is 9.55 Å². The third-order valence-corrected chi connectivity index (χ3v) is 3.54. The van der Waals surface area contributed by atoms with Crippen LogP contribution in [-0.4, -0.2) is 20.6 Å². The van der Waals surface area contributed by atoms with Gasteiger partial charge in [-0.15, -0.1) is 0 Å². The van der Waals surface area contributed by atoms with E-state index in [1.807, 2.05) is 0 Å². The van der Waals surface area contributed by atoms with E-state index in [4.69, 9.17) is 17.3 Å². The second-order valence-corrected chi connectivity index (χ2v) is 5.05. The van der Waals surface area contributed by atoms with E-state index in [0.29, 0.717) is 22.2 Å². The van der Waals surface area contributed by atoms with Crippen LogP contribution in [0.4, 0.5) is 0 Å². The quantitative estimate of drug-likeness (QED) is 0.656. The van der Waals surface area contributed by atoms with Crippen molar-refractivity contribution in [3.05, 3.63) is 38.9 Å². The van der Waals surface area contributed by atoms with E-state index in [0.717, 1.165) is 19.3 Å². The average molecular weight is 292 g/mol. The fraction of sp³-hybridized carbons (Fsp3) is 0.357. The maximum atomic E-state index is 12.4. The largest absolute Gasteiger partial charge is 0.478 e. The standard InChI is InChI=1S/C14H16N2O3S/c1-2-3-4-7-16-12(17)10-6-5-9(13(18)19)8-11(10)15-14(16)20/h5-6,8H,2-4,7H2,1H3,(H,15,20)(H,18,19). The lowest BCUT2D eigenvalue weighted by atomic mass is 10.1. The summed E-state index contributed by atoms with van der Waals surface area (Å²) in [4.78, 5) is 26.2. The van der Waals surface area contributed by atoms with Crippen LogP contribution >= 0.6 is 12.2 Å². The Kier molecular flexibility index (Phi) is 4.34. The predicted molar refractivity (Wildman–Crippen MR) is 79.9 cm³/mol. The molecule has 1 aromatic carbocycles. The SMILES string of the molecule is CCCCCn1c(=S)[nH]c2cc(C(=O)O)ccc2c1=O. The lowest BCUT2D eigenvalue weighted by molar-refractivity contribution is 0.0697. The molecule has 0 aliphatic carbocycles. The molecule has 0 radical (unpaired) electrons. The van der Waals surface area contributed by atoms with E-state index in [1.54, 1.807) is 0 Å². The van der Waals surface area contributed by atoms with Gasteiger partial charge in [0.25, 0.3) is 5.56 Å². The third kappa shape index (κ3) is 2.80. The van der Waals surface area contributed by atoms with Gasteiger partial charge in [-0.25, -0.2) is 4.79 Å². The van der Waals surface area contributed by atoms with Crippen molar-refractivity contribution >= 4 is 29.1 Å². The second kappa shape index (κ2) is 6.00. The Hall–Kier alpha value is -1.95. The molecule has 2 N–H and O–H groups in total. The highest BCUT2D eigenvalue weighted by Crippen LogP contribution is 2.11. The average Bonchev–Trinajstić information content (AvgIpc) is 2.41. The number of aromatic nitrogens is 2. The zero-order valence-corrected chi connectivity index (χ0v) is 12.0. The van der Waals surface area contributed by atoms with Crippen molar-refractivity contribution in [3.63, 3.8) is 0 Å². The molecule has 0 spiro atoms. The van der Waals surface area contributed by atoms with Crippen molar-refractivity contribution in [3.8, 4) is 0 Å². The number of unbranched alkanes of at least 4 members (excludes halogenated alkanes) is 2. The van der Waals surface area contributed by atoms with Gasteiger partial charge in [0, 0.05) is 6.54 Å². The summed E-state index contributed by atoms with van der Waals surface area (Å²) in [7, 11) is 0. The van der Waals surface area contributed by atoms with E-state index in [1.165, 1.54) is 22.8 Å². The fourth-order valence-corrected chi connectivity index (χ4v) is 2.39. The molecule has 2 aromatic rings. The van der Waals surface area contributed by atoms with Gasteiger partial charge in [-0.2, -0.15) is 0 Å². The number of aromatic carboxylic acids is 1. The number of carbonyl (C=O) groups is 1. The zero-order valence-electron chi connectivity index (χ0n) is 11.2. The van der Waals surface area contributed by atoms with Crippen LogP contribution < -0.4 is 5.56 Å². The molecule has 5 nitrogen and oxygen atoms in total. The van der Waals surface area contributed by atoms with Crippen molar-refractivity contribution in [2.45, 2.75) is 32.7 Å². The summed E-state index contributed by atoms with van der Waals surface area (Å²) in [6.07, 6.45) is 3.00. The molecule has 0 fully saturated rings. The number of carboxylic acid groups (broad SMARTS) is 1. The first-order valence-corrected chi connectivity index (χ1v) is 6.95. The molecule has 0 unspecified atom stereocenters. The normalized spacial score (nSPS) is 10.8. The van der Waals surface area contributed by atoms with E-state index < -0.39 is 5.97 Å². The highest BCUT2D eigenvalue weighted by molar-refractivity contribution is 7.71. The summed E-state index contributed by atoms with van der Waals surface area (Å²) in [5.41, 5.74) is 0.426. The molecule has 2 rings (SSSR count). The first-order chi connectivity index (χ1) is 9.54. The molecule has 6 heteroatoms. The first kappa shape index (κ1) is 14.5. The fourth-order valence-electron chi connectivity index (χ4n) is 2.11. The van der Waals surface area contributed by atoms with Crippen molar-refractivity contribution in [1.29, 1.82) is 0 Å². The van der Waals surface area contributed by atoms with E-state index >= 15 is 0 Å². The maximum absolute atomic E-state index is 12.4. The Bertz CT molecular complexity index is 761. The minimum atomic E-state index is -1.03. The van der Waals surface area contributed by atoms with Gasteiger partial charge in [-0.3, -0.25) is 9.36 Å². The van der Waals surface area contributed by atoms with Crippen LogP contribution in [-0.2, 0) is 6.54 Å². The van der Waals surface area contributed by atoms with Gasteiger partial charge in [0.1, 0.15) is 0 Å². The molecule has 0 saturated carbocycles. The number of hydrogen-bond acceptors (Lipinski definition) is 3. The van der Waals surface area contributed by atoms with Gasteiger partial charge in [0.15, 0.2) is 4.77 Å². The van der Waals surface area contributed by atoms with Crippen molar-refractivity contribution in [2.75, 3.05) is 0 Å². The number of hydrogen-bond donors (Lipinski definition) is 2. The maximum Gasteiger partial charge on any atom is 0.335 e. The van der Waals surface area contributed by atoms with Gasteiger partial charge in [-0.05, 0) is 36.8 Å². The number of carboxylic acids is 1. The number of benzene rings is 1. The summed E-state index contributed by atoms with van der Waals surface area (Å²) < 4.78 is 1.87. The Labute approximate surface area is 120 Å². The zero-order chi connectivity index (χ0) is 14.7. The number of fused-ring (bicyclic) bond motifs is 1. The molecule has 0 amide bonds. The van der Waals surface area contributed by atoms with Crippen LogP contribution in [0.5, 0.6) is 0 Å². The molecular formula is C14H16N2O3S. The van der Waals surface area contributed by atoms with E-state index in [-0.39, 0.29) is 11.1 Å². The number of aromatic amines is 1. The third-order valence-electron chi connectivity index (χ3n) is 3.21. The highest BCUT2D eigenvalue weighted by atomic mass is 32.1. The van der Waals surface area contributed by atoms with Crippen LogP contribution in [0.25, 0.3) is 10.9 Å². The topological polar surface area (TPSA) is 75.1 Å². The minimum absolute atomic E-state index is 0.131. The Morgan fingerprint density at radius 2 is 2.15 bits per heavy atom. The van der Waals surface area contributed by atoms with Crippen LogP contribution in [0, 0.1) is 4.77 Å². The van der Waals surface area contributed by atoms with Gasteiger partial charge >= 0.3 is 5.97 Å². The molecule has 0 aliphatic rings.